The van der Waals surface area contributed by atoms with Gasteiger partial charge < -0.3 is 5.32 Å². The summed E-state index contributed by atoms with van der Waals surface area (Å²) in [6.07, 6.45) is 0.869. The topological polar surface area (TPSA) is 59.1 Å². The van der Waals surface area contributed by atoms with Crippen molar-refractivity contribution >= 4 is 45.3 Å². The molecule has 2 aromatic rings. The molecule has 0 radical (unpaired) electrons. The Bertz CT molecular complexity index is 641. The molecule has 0 aliphatic rings. The summed E-state index contributed by atoms with van der Waals surface area (Å²) in [6, 6.07) is 6.79. The third-order valence-electron chi connectivity index (χ3n) is 2.63. The number of aryl methyl sites for hydroxylation is 1. The summed E-state index contributed by atoms with van der Waals surface area (Å²) in [7, 11) is -1.26. The van der Waals surface area contributed by atoms with E-state index in [9.17, 15) is 9.00 Å². The zero-order valence-electron chi connectivity index (χ0n) is 11.5. The number of hydrogen-bond donors (Lipinski definition) is 1. The van der Waals surface area contributed by atoms with Gasteiger partial charge in [-0.15, -0.1) is 11.3 Å². The SMILES string of the molecule is CCc1nc(CS(=O)CC(=O)Nc2ccc(Cl)cc2)cs1. The fourth-order valence-corrected chi connectivity index (χ4v) is 3.59. The van der Waals surface area contributed by atoms with Gasteiger partial charge in [0, 0.05) is 26.9 Å². The van der Waals surface area contributed by atoms with E-state index in [4.69, 9.17) is 11.6 Å². The van der Waals surface area contributed by atoms with Gasteiger partial charge in [-0.2, -0.15) is 0 Å². The average Bonchev–Trinajstić information content (AvgIpc) is 2.88. The first-order valence-corrected chi connectivity index (χ1v) is 9.15. The number of nitrogens with zero attached hydrogens (tertiary/aromatic N) is 1. The normalized spacial score (nSPS) is 12.1. The summed E-state index contributed by atoms with van der Waals surface area (Å²) in [5.74, 6) is -0.00631. The Kier molecular flexibility index (Phi) is 5.90. The van der Waals surface area contributed by atoms with Gasteiger partial charge in [0.15, 0.2) is 0 Å². The summed E-state index contributed by atoms with van der Waals surface area (Å²) in [5.41, 5.74) is 1.43. The molecule has 1 amide bonds. The van der Waals surface area contributed by atoms with E-state index < -0.39 is 10.8 Å². The summed E-state index contributed by atoms with van der Waals surface area (Å²) in [5, 5.41) is 6.21. The molecule has 112 valence electrons. The summed E-state index contributed by atoms with van der Waals surface area (Å²) >= 11 is 7.33. The molecule has 1 aromatic heterocycles. The Morgan fingerprint density at radius 1 is 1.38 bits per heavy atom. The summed E-state index contributed by atoms with van der Waals surface area (Å²) in [6.45, 7) is 2.03. The van der Waals surface area contributed by atoms with E-state index >= 15 is 0 Å². The zero-order chi connectivity index (χ0) is 15.2. The monoisotopic (exact) mass is 342 g/mol. The second-order valence-corrected chi connectivity index (χ2v) is 7.21. The molecule has 7 heteroatoms. The minimum Gasteiger partial charge on any atom is -0.325 e. The highest BCUT2D eigenvalue weighted by molar-refractivity contribution is 7.84. The third-order valence-corrected chi connectivity index (χ3v) is 5.13. The van der Waals surface area contributed by atoms with Gasteiger partial charge in [0.05, 0.1) is 16.5 Å². The molecule has 1 heterocycles. The van der Waals surface area contributed by atoms with Crippen molar-refractivity contribution in [2.75, 3.05) is 11.1 Å². The number of nitrogens with one attached hydrogen (secondary N) is 1. The van der Waals surface area contributed by atoms with E-state index in [-0.39, 0.29) is 11.7 Å². The zero-order valence-corrected chi connectivity index (χ0v) is 13.9. The number of carbonyl (C=O) groups excluding carboxylic acids is 1. The number of thiazole rings is 1. The second kappa shape index (κ2) is 7.68. The van der Waals surface area contributed by atoms with E-state index in [0.29, 0.717) is 16.5 Å². The van der Waals surface area contributed by atoms with Crippen molar-refractivity contribution in [2.45, 2.75) is 19.1 Å². The first-order chi connectivity index (χ1) is 10.1. The standard InChI is InChI=1S/C14H15ClN2O2S2/c1-2-14-17-12(7-20-14)8-21(19)9-13(18)16-11-5-3-10(15)4-6-11/h3-7H,2,8-9H2,1H3,(H,16,18). The van der Waals surface area contributed by atoms with Crippen molar-refractivity contribution in [3.63, 3.8) is 0 Å². The van der Waals surface area contributed by atoms with Crippen LogP contribution < -0.4 is 5.32 Å². The summed E-state index contributed by atoms with van der Waals surface area (Å²) in [4.78, 5) is 16.2. The van der Waals surface area contributed by atoms with Crippen LogP contribution in [0.4, 0.5) is 5.69 Å². The van der Waals surface area contributed by atoms with E-state index in [1.165, 1.54) is 0 Å². The van der Waals surface area contributed by atoms with Crippen LogP contribution in [0.2, 0.25) is 5.02 Å². The quantitative estimate of drug-likeness (QED) is 0.876. The van der Waals surface area contributed by atoms with Crippen LogP contribution in [0, 0.1) is 0 Å². The van der Waals surface area contributed by atoms with Crippen LogP contribution >= 0.6 is 22.9 Å². The molecule has 1 atom stereocenters. The highest BCUT2D eigenvalue weighted by Crippen LogP contribution is 2.14. The molecule has 0 saturated carbocycles. The van der Waals surface area contributed by atoms with Crippen LogP contribution in [0.15, 0.2) is 29.6 Å². The Morgan fingerprint density at radius 3 is 2.71 bits per heavy atom. The number of anilines is 1. The predicted octanol–water partition coefficient (Wildman–Crippen LogP) is 3.25. The molecule has 4 nitrogen and oxygen atoms in total. The lowest BCUT2D eigenvalue weighted by atomic mass is 10.3. The Balaban J connectivity index is 1.84. The number of benzene rings is 1. The first kappa shape index (κ1) is 16.1. The number of amides is 1. The van der Waals surface area contributed by atoms with Gasteiger partial charge in [-0.3, -0.25) is 9.00 Å². The molecule has 0 aliphatic carbocycles. The smallest absolute Gasteiger partial charge is 0.237 e. The number of aromatic nitrogens is 1. The lowest BCUT2D eigenvalue weighted by Gasteiger charge is -2.04. The van der Waals surface area contributed by atoms with Crippen LogP contribution in [0.3, 0.4) is 0 Å². The first-order valence-electron chi connectivity index (χ1n) is 6.40. The average molecular weight is 343 g/mol. The van der Waals surface area contributed by atoms with Gasteiger partial charge in [0.1, 0.15) is 5.75 Å². The largest absolute Gasteiger partial charge is 0.325 e. The van der Waals surface area contributed by atoms with E-state index in [2.05, 4.69) is 10.3 Å². The van der Waals surface area contributed by atoms with Crippen LogP contribution in [0.5, 0.6) is 0 Å². The molecule has 0 spiro atoms. The molecule has 0 aliphatic heterocycles. The molecular formula is C14H15ClN2O2S2. The fourth-order valence-electron chi connectivity index (χ4n) is 1.67. The summed E-state index contributed by atoms with van der Waals surface area (Å²) < 4.78 is 12.0. The molecular weight excluding hydrogens is 328 g/mol. The van der Waals surface area contributed by atoms with Crippen molar-refractivity contribution in [2.24, 2.45) is 0 Å². The van der Waals surface area contributed by atoms with Crippen molar-refractivity contribution in [3.8, 4) is 0 Å². The highest BCUT2D eigenvalue weighted by Gasteiger charge is 2.11. The lowest BCUT2D eigenvalue weighted by Crippen LogP contribution is -2.20. The Hall–Kier alpha value is -1.24. The van der Waals surface area contributed by atoms with Crippen molar-refractivity contribution in [1.82, 2.24) is 4.98 Å². The number of halogens is 1. The van der Waals surface area contributed by atoms with Crippen LogP contribution in [-0.4, -0.2) is 20.9 Å². The minimum atomic E-state index is -1.26. The predicted molar refractivity (Wildman–Crippen MR) is 88.3 cm³/mol. The molecule has 1 aromatic carbocycles. The van der Waals surface area contributed by atoms with Gasteiger partial charge in [-0.25, -0.2) is 4.98 Å². The van der Waals surface area contributed by atoms with Crippen molar-refractivity contribution in [3.05, 3.63) is 45.4 Å². The van der Waals surface area contributed by atoms with Gasteiger partial charge >= 0.3 is 0 Å². The van der Waals surface area contributed by atoms with Crippen LogP contribution in [-0.2, 0) is 27.8 Å². The van der Waals surface area contributed by atoms with Gasteiger partial charge in [0.25, 0.3) is 0 Å². The third kappa shape index (κ3) is 5.22. The maximum atomic E-state index is 12.0. The molecule has 0 fully saturated rings. The Morgan fingerprint density at radius 2 is 2.10 bits per heavy atom. The molecule has 2 rings (SSSR count). The van der Waals surface area contributed by atoms with Gasteiger partial charge in [-0.1, -0.05) is 18.5 Å². The van der Waals surface area contributed by atoms with E-state index in [0.717, 1.165) is 17.1 Å². The molecule has 0 saturated heterocycles. The highest BCUT2D eigenvalue weighted by atomic mass is 35.5. The Labute approximate surface area is 135 Å². The van der Waals surface area contributed by atoms with E-state index in [1.54, 1.807) is 35.6 Å². The number of carbonyl (C=O) groups is 1. The van der Waals surface area contributed by atoms with Crippen LogP contribution in [0.1, 0.15) is 17.6 Å². The maximum absolute atomic E-state index is 12.0. The lowest BCUT2D eigenvalue weighted by molar-refractivity contribution is -0.113. The van der Waals surface area contributed by atoms with Gasteiger partial charge in [0.2, 0.25) is 5.91 Å². The van der Waals surface area contributed by atoms with Gasteiger partial charge in [-0.05, 0) is 30.7 Å². The number of hydrogen-bond acceptors (Lipinski definition) is 4. The van der Waals surface area contributed by atoms with Crippen molar-refractivity contribution < 1.29 is 9.00 Å². The fraction of sp³-hybridized carbons (Fsp3) is 0.286. The maximum Gasteiger partial charge on any atom is 0.237 e. The van der Waals surface area contributed by atoms with Crippen molar-refractivity contribution in [1.29, 1.82) is 0 Å². The van der Waals surface area contributed by atoms with E-state index in [1.807, 2.05) is 12.3 Å². The van der Waals surface area contributed by atoms with Crippen LogP contribution in [0.25, 0.3) is 0 Å². The molecule has 0 bridgehead atoms. The second-order valence-electron chi connectivity index (χ2n) is 4.37. The molecule has 21 heavy (non-hydrogen) atoms. The molecule has 1 unspecified atom stereocenters. The minimum absolute atomic E-state index is 0.0401. The number of rotatable bonds is 6. The molecule has 1 N–H and O–H groups in total.